The van der Waals surface area contributed by atoms with Crippen LogP contribution >= 0.6 is 11.3 Å². The third kappa shape index (κ3) is 3.50. The number of nitrogens with one attached hydrogen (secondary N) is 1. The van der Waals surface area contributed by atoms with Gasteiger partial charge in [0.05, 0.1) is 10.7 Å². The van der Waals surface area contributed by atoms with E-state index in [2.05, 4.69) is 36.5 Å². The number of hydrogen-bond acceptors (Lipinski definition) is 4. The van der Waals surface area contributed by atoms with Gasteiger partial charge in [0, 0.05) is 23.9 Å². The van der Waals surface area contributed by atoms with Crippen LogP contribution in [0.15, 0.2) is 5.38 Å². The number of nitrogens with zero attached hydrogens (tertiary/aromatic N) is 2. The van der Waals surface area contributed by atoms with Crippen molar-refractivity contribution in [3.8, 4) is 0 Å². The first-order valence-corrected chi connectivity index (χ1v) is 7.40. The third-order valence-electron chi connectivity index (χ3n) is 3.41. The molecule has 2 rings (SSSR count). The zero-order chi connectivity index (χ0) is 12.3. The maximum Gasteiger partial charge on any atom is 0.0954 e. The Bertz CT molecular complexity index is 342. The van der Waals surface area contributed by atoms with Crippen molar-refractivity contribution in [3.63, 3.8) is 0 Å². The van der Waals surface area contributed by atoms with E-state index in [-0.39, 0.29) is 0 Å². The highest BCUT2D eigenvalue weighted by Crippen LogP contribution is 2.21. The molecule has 17 heavy (non-hydrogen) atoms. The fourth-order valence-electron chi connectivity index (χ4n) is 2.29. The van der Waals surface area contributed by atoms with Gasteiger partial charge in [0.1, 0.15) is 0 Å². The summed E-state index contributed by atoms with van der Waals surface area (Å²) in [5, 5.41) is 6.89. The maximum atomic E-state index is 4.71. The largest absolute Gasteiger partial charge is 0.317 e. The zero-order valence-electron chi connectivity index (χ0n) is 11.1. The van der Waals surface area contributed by atoms with Gasteiger partial charge >= 0.3 is 0 Å². The van der Waals surface area contributed by atoms with Crippen molar-refractivity contribution in [2.24, 2.45) is 0 Å². The second-order valence-electron chi connectivity index (χ2n) is 5.23. The molecule has 0 unspecified atom stereocenters. The standard InChI is InChI=1S/C13H23N3S/c1-10(2)13-15-11(9-17-13)8-16(3)12-4-6-14-7-5-12/h9-10,12,14H,4-8H2,1-3H3. The molecule has 0 atom stereocenters. The van der Waals surface area contributed by atoms with E-state index in [0.717, 1.165) is 25.7 Å². The third-order valence-corrected chi connectivity index (χ3v) is 4.60. The van der Waals surface area contributed by atoms with Crippen molar-refractivity contribution in [1.82, 2.24) is 15.2 Å². The Hall–Kier alpha value is -0.450. The normalized spacial score (nSPS) is 18.2. The van der Waals surface area contributed by atoms with Crippen LogP contribution in [-0.4, -0.2) is 36.1 Å². The Morgan fingerprint density at radius 3 is 2.76 bits per heavy atom. The van der Waals surface area contributed by atoms with Crippen LogP contribution in [0.1, 0.15) is 43.3 Å². The summed E-state index contributed by atoms with van der Waals surface area (Å²) in [6.45, 7) is 7.72. The van der Waals surface area contributed by atoms with Crippen molar-refractivity contribution in [1.29, 1.82) is 0 Å². The van der Waals surface area contributed by atoms with Gasteiger partial charge in [-0.3, -0.25) is 4.90 Å². The lowest BCUT2D eigenvalue weighted by Crippen LogP contribution is -2.40. The maximum absolute atomic E-state index is 4.71. The Kier molecular flexibility index (Phi) is 4.54. The second kappa shape index (κ2) is 5.94. The minimum Gasteiger partial charge on any atom is -0.317 e. The number of thiazole rings is 1. The molecule has 0 bridgehead atoms. The minimum absolute atomic E-state index is 0.554. The molecule has 1 aromatic rings. The van der Waals surface area contributed by atoms with E-state index in [1.807, 2.05) is 0 Å². The van der Waals surface area contributed by atoms with Gasteiger partial charge in [-0.15, -0.1) is 11.3 Å². The van der Waals surface area contributed by atoms with Crippen LogP contribution in [0, 0.1) is 0 Å². The molecule has 1 aliphatic heterocycles. The summed E-state index contributed by atoms with van der Waals surface area (Å²) in [7, 11) is 2.23. The van der Waals surface area contributed by atoms with E-state index in [0.29, 0.717) is 5.92 Å². The first-order valence-electron chi connectivity index (χ1n) is 6.52. The van der Waals surface area contributed by atoms with Crippen LogP contribution in [0.2, 0.25) is 0 Å². The number of rotatable bonds is 4. The highest BCUT2D eigenvalue weighted by atomic mass is 32.1. The Morgan fingerprint density at radius 2 is 2.18 bits per heavy atom. The van der Waals surface area contributed by atoms with Gasteiger partial charge < -0.3 is 5.32 Å². The van der Waals surface area contributed by atoms with Crippen LogP contribution < -0.4 is 5.32 Å². The average Bonchev–Trinajstić information content (AvgIpc) is 2.79. The van der Waals surface area contributed by atoms with Gasteiger partial charge in [-0.2, -0.15) is 0 Å². The van der Waals surface area contributed by atoms with Crippen molar-refractivity contribution in [2.45, 2.75) is 45.2 Å². The van der Waals surface area contributed by atoms with Gasteiger partial charge in [-0.05, 0) is 33.0 Å². The summed E-state index contributed by atoms with van der Waals surface area (Å²) in [6, 6.07) is 0.723. The Balaban J connectivity index is 1.90. The number of aromatic nitrogens is 1. The molecule has 96 valence electrons. The second-order valence-corrected chi connectivity index (χ2v) is 6.12. The van der Waals surface area contributed by atoms with Gasteiger partial charge in [0.25, 0.3) is 0 Å². The number of hydrogen-bond donors (Lipinski definition) is 1. The van der Waals surface area contributed by atoms with Crippen LogP contribution in [-0.2, 0) is 6.54 Å². The van der Waals surface area contributed by atoms with E-state index in [1.54, 1.807) is 11.3 Å². The van der Waals surface area contributed by atoms with Crippen molar-refractivity contribution < 1.29 is 0 Å². The quantitative estimate of drug-likeness (QED) is 0.893. The predicted octanol–water partition coefficient (Wildman–Crippen LogP) is 2.45. The first-order chi connectivity index (χ1) is 8.16. The molecule has 0 saturated carbocycles. The zero-order valence-corrected chi connectivity index (χ0v) is 11.9. The molecule has 2 heterocycles. The van der Waals surface area contributed by atoms with E-state index in [1.165, 1.54) is 23.5 Å². The minimum atomic E-state index is 0.554. The topological polar surface area (TPSA) is 28.2 Å². The van der Waals surface area contributed by atoms with Gasteiger partial charge in [0.15, 0.2) is 0 Å². The molecule has 0 radical (unpaired) electrons. The molecule has 3 nitrogen and oxygen atoms in total. The molecule has 1 saturated heterocycles. The molecular weight excluding hydrogens is 230 g/mol. The van der Waals surface area contributed by atoms with E-state index in [9.17, 15) is 0 Å². The highest BCUT2D eigenvalue weighted by molar-refractivity contribution is 7.09. The molecule has 1 aromatic heterocycles. The van der Waals surface area contributed by atoms with Gasteiger partial charge in [-0.1, -0.05) is 13.8 Å². The summed E-state index contributed by atoms with van der Waals surface area (Å²) in [4.78, 5) is 7.16. The molecule has 1 aliphatic rings. The van der Waals surface area contributed by atoms with Crippen molar-refractivity contribution in [3.05, 3.63) is 16.1 Å². The molecule has 4 heteroatoms. The monoisotopic (exact) mass is 253 g/mol. The van der Waals surface area contributed by atoms with Gasteiger partial charge in [-0.25, -0.2) is 4.98 Å². The molecule has 0 aliphatic carbocycles. The summed E-state index contributed by atoms with van der Waals surface area (Å²) in [5.74, 6) is 0.554. The summed E-state index contributed by atoms with van der Waals surface area (Å²) < 4.78 is 0. The smallest absolute Gasteiger partial charge is 0.0954 e. The van der Waals surface area contributed by atoms with Crippen molar-refractivity contribution in [2.75, 3.05) is 20.1 Å². The first kappa shape index (κ1) is 13.0. The van der Waals surface area contributed by atoms with E-state index in [4.69, 9.17) is 4.98 Å². The SMILES string of the molecule is CC(C)c1nc(CN(C)C2CCNCC2)cs1. The van der Waals surface area contributed by atoms with Gasteiger partial charge in [0.2, 0.25) is 0 Å². The van der Waals surface area contributed by atoms with E-state index < -0.39 is 0 Å². The van der Waals surface area contributed by atoms with Crippen LogP contribution in [0.5, 0.6) is 0 Å². The molecule has 1 fully saturated rings. The van der Waals surface area contributed by atoms with E-state index >= 15 is 0 Å². The van der Waals surface area contributed by atoms with Crippen LogP contribution in [0.3, 0.4) is 0 Å². The fourth-order valence-corrected chi connectivity index (χ4v) is 3.12. The summed E-state index contributed by atoms with van der Waals surface area (Å²) >= 11 is 1.80. The summed E-state index contributed by atoms with van der Waals surface area (Å²) in [6.07, 6.45) is 2.52. The lowest BCUT2D eigenvalue weighted by atomic mass is 10.1. The number of piperidine rings is 1. The predicted molar refractivity (Wildman–Crippen MR) is 73.6 cm³/mol. The average molecular weight is 253 g/mol. The van der Waals surface area contributed by atoms with Crippen LogP contribution in [0.4, 0.5) is 0 Å². The summed E-state index contributed by atoms with van der Waals surface area (Å²) in [5.41, 5.74) is 1.24. The van der Waals surface area contributed by atoms with Crippen molar-refractivity contribution >= 4 is 11.3 Å². The Morgan fingerprint density at radius 1 is 1.47 bits per heavy atom. The molecule has 0 aromatic carbocycles. The molecule has 0 spiro atoms. The Labute approximate surface area is 108 Å². The lowest BCUT2D eigenvalue weighted by molar-refractivity contribution is 0.190. The van der Waals surface area contributed by atoms with Crippen LogP contribution in [0.25, 0.3) is 0 Å². The molecular formula is C13H23N3S. The fraction of sp³-hybridized carbons (Fsp3) is 0.769. The lowest BCUT2D eigenvalue weighted by Gasteiger charge is -2.31. The molecule has 1 N–H and O–H groups in total. The highest BCUT2D eigenvalue weighted by Gasteiger charge is 2.18. The molecule has 0 amide bonds.